The molecule has 0 aliphatic heterocycles. The Bertz CT molecular complexity index is 151. The van der Waals surface area contributed by atoms with Crippen LogP contribution in [0.2, 0.25) is 0 Å². The van der Waals surface area contributed by atoms with E-state index in [1.807, 2.05) is 0 Å². The molecule has 3 nitrogen and oxygen atoms in total. The first-order valence-corrected chi connectivity index (χ1v) is 2.28. The summed E-state index contributed by atoms with van der Waals surface area (Å²) in [6.07, 6.45) is -4.90. The van der Waals surface area contributed by atoms with Crippen LogP contribution in [0.3, 0.4) is 0 Å². The summed E-state index contributed by atoms with van der Waals surface area (Å²) in [7, 11) is 0. The third-order valence-corrected chi connectivity index (χ3v) is 1.03. The van der Waals surface area contributed by atoms with E-state index in [0.29, 0.717) is 6.92 Å². The van der Waals surface area contributed by atoms with Gasteiger partial charge in [0.1, 0.15) is 0 Å². The molecule has 0 aromatic carbocycles. The van der Waals surface area contributed by atoms with Gasteiger partial charge in [0.25, 0.3) is 0 Å². The Kier molecular flexibility index (Phi) is 1.95. The lowest BCUT2D eigenvalue weighted by molar-refractivity contribution is -0.197. The van der Waals surface area contributed by atoms with Gasteiger partial charge in [-0.1, -0.05) is 0 Å². The topological polar surface area (TPSA) is 63.3 Å². The fraction of sp³-hybridized carbons (Fsp3) is 0.750. The summed E-state index contributed by atoms with van der Waals surface area (Å²) >= 11 is 0. The molecular formula is C4H6F3NO2. The smallest absolute Gasteiger partial charge is 0.416 e. The second-order valence-corrected chi connectivity index (χ2v) is 2.01. The Morgan fingerprint density at radius 2 is 1.80 bits per heavy atom. The van der Waals surface area contributed by atoms with Crippen molar-refractivity contribution >= 4 is 5.97 Å². The van der Waals surface area contributed by atoms with E-state index in [9.17, 15) is 18.0 Å². The van der Waals surface area contributed by atoms with Gasteiger partial charge in [-0.2, -0.15) is 13.2 Å². The van der Waals surface area contributed by atoms with Crippen molar-refractivity contribution in [1.29, 1.82) is 0 Å². The number of carboxylic acid groups (broad SMARTS) is 1. The molecule has 0 fully saturated rings. The minimum Gasteiger partial charge on any atom is -0.480 e. The molecule has 0 spiro atoms. The Labute approximate surface area is 54.6 Å². The lowest BCUT2D eigenvalue weighted by Crippen LogP contribution is -2.57. The molecule has 0 saturated heterocycles. The van der Waals surface area contributed by atoms with Crippen LogP contribution in [0.25, 0.3) is 0 Å². The van der Waals surface area contributed by atoms with Gasteiger partial charge in [-0.15, -0.1) is 0 Å². The molecule has 0 bridgehead atoms. The highest BCUT2D eigenvalue weighted by molar-refractivity contribution is 5.78. The average molecular weight is 157 g/mol. The summed E-state index contributed by atoms with van der Waals surface area (Å²) in [5.41, 5.74) is 1.27. The molecular weight excluding hydrogens is 151 g/mol. The number of nitrogens with two attached hydrogens (primary N) is 1. The van der Waals surface area contributed by atoms with Crippen molar-refractivity contribution in [3.8, 4) is 0 Å². The molecule has 0 saturated carbocycles. The van der Waals surface area contributed by atoms with Gasteiger partial charge in [-0.25, -0.2) is 4.79 Å². The van der Waals surface area contributed by atoms with E-state index in [1.165, 1.54) is 0 Å². The maximum atomic E-state index is 11.6. The minimum absolute atomic E-state index is 0.398. The summed E-state index contributed by atoms with van der Waals surface area (Å²) < 4.78 is 34.7. The van der Waals surface area contributed by atoms with Crippen LogP contribution in [-0.2, 0) is 4.79 Å². The normalized spacial score (nSPS) is 18.1. The lowest BCUT2D eigenvalue weighted by atomic mass is 10.1. The molecule has 10 heavy (non-hydrogen) atoms. The molecule has 0 radical (unpaired) electrons. The van der Waals surface area contributed by atoms with Crippen molar-refractivity contribution < 1.29 is 23.1 Å². The summed E-state index contributed by atoms with van der Waals surface area (Å²) in [4.78, 5) is 9.82. The van der Waals surface area contributed by atoms with Gasteiger partial charge in [0, 0.05) is 0 Å². The average Bonchev–Trinajstić information content (AvgIpc) is 1.62. The van der Waals surface area contributed by atoms with E-state index in [1.54, 1.807) is 0 Å². The number of hydrogen-bond acceptors (Lipinski definition) is 2. The molecule has 0 aliphatic rings. The summed E-state index contributed by atoms with van der Waals surface area (Å²) in [6, 6.07) is 0. The molecule has 0 heterocycles. The van der Waals surface area contributed by atoms with Crippen LogP contribution in [0.4, 0.5) is 13.2 Å². The lowest BCUT2D eigenvalue weighted by Gasteiger charge is -2.21. The Hall–Kier alpha value is -0.780. The fourth-order valence-corrected chi connectivity index (χ4v) is 0.121. The third-order valence-electron chi connectivity index (χ3n) is 1.03. The number of aliphatic carboxylic acids is 1. The number of alkyl halides is 3. The second-order valence-electron chi connectivity index (χ2n) is 2.01. The largest absolute Gasteiger partial charge is 0.480 e. The van der Waals surface area contributed by atoms with Gasteiger partial charge in [0.15, 0.2) is 0 Å². The molecule has 3 N–H and O–H groups in total. The van der Waals surface area contributed by atoms with Crippen LogP contribution in [0.5, 0.6) is 0 Å². The van der Waals surface area contributed by atoms with Crippen molar-refractivity contribution in [2.45, 2.75) is 18.6 Å². The number of hydrogen-bond donors (Lipinski definition) is 2. The quantitative estimate of drug-likeness (QED) is 0.577. The summed E-state index contributed by atoms with van der Waals surface area (Å²) in [6.45, 7) is 0.398. The Morgan fingerprint density at radius 3 is 1.80 bits per heavy atom. The minimum atomic E-state index is -4.90. The van der Waals surface area contributed by atoms with Crippen LogP contribution in [0.1, 0.15) is 6.92 Å². The molecule has 0 aromatic heterocycles. The van der Waals surface area contributed by atoms with E-state index in [4.69, 9.17) is 5.11 Å². The molecule has 0 aromatic rings. The SMILES string of the molecule is CC(N)(C(=O)O)C(F)(F)F. The standard InChI is InChI=1S/C4H6F3NO2/c1-3(8,2(9)10)4(5,6)7/h8H2,1H3,(H,9,10). The van der Waals surface area contributed by atoms with E-state index >= 15 is 0 Å². The van der Waals surface area contributed by atoms with E-state index in [2.05, 4.69) is 5.73 Å². The Balaban J connectivity index is 4.57. The molecule has 60 valence electrons. The second kappa shape index (κ2) is 2.12. The first kappa shape index (κ1) is 9.22. The molecule has 0 rings (SSSR count). The van der Waals surface area contributed by atoms with Gasteiger partial charge < -0.3 is 10.8 Å². The Morgan fingerprint density at radius 1 is 1.50 bits per heavy atom. The van der Waals surface area contributed by atoms with Crippen LogP contribution < -0.4 is 5.73 Å². The van der Waals surface area contributed by atoms with Gasteiger partial charge in [-0.3, -0.25) is 0 Å². The summed E-state index contributed by atoms with van der Waals surface area (Å²) in [5.74, 6) is -2.08. The zero-order valence-corrected chi connectivity index (χ0v) is 5.07. The monoisotopic (exact) mass is 157 g/mol. The molecule has 1 atom stereocenters. The van der Waals surface area contributed by atoms with E-state index in [0.717, 1.165) is 0 Å². The van der Waals surface area contributed by atoms with Crippen molar-refractivity contribution in [3.05, 3.63) is 0 Å². The van der Waals surface area contributed by atoms with Gasteiger partial charge in [0.2, 0.25) is 5.54 Å². The number of halogens is 3. The number of carboxylic acids is 1. The van der Waals surface area contributed by atoms with Gasteiger partial charge in [0.05, 0.1) is 0 Å². The molecule has 6 heteroatoms. The van der Waals surface area contributed by atoms with Crippen LogP contribution in [0, 0.1) is 0 Å². The zero-order chi connectivity index (χ0) is 8.58. The predicted octanol–water partition coefficient (Wildman–Crippen LogP) is 0.351. The van der Waals surface area contributed by atoms with Crippen molar-refractivity contribution in [3.63, 3.8) is 0 Å². The van der Waals surface area contributed by atoms with Gasteiger partial charge >= 0.3 is 12.1 Å². The van der Waals surface area contributed by atoms with Crippen molar-refractivity contribution in [2.24, 2.45) is 5.73 Å². The maximum absolute atomic E-state index is 11.6. The maximum Gasteiger partial charge on any atom is 0.416 e. The molecule has 1 unspecified atom stereocenters. The number of rotatable bonds is 1. The predicted molar refractivity (Wildman–Crippen MR) is 26.3 cm³/mol. The van der Waals surface area contributed by atoms with Crippen LogP contribution >= 0.6 is 0 Å². The van der Waals surface area contributed by atoms with Crippen molar-refractivity contribution in [2.75, 3.05) is 0 Å². The van der Waals surface area contributed by atoms with Crippen LogP contribution in [0.15, 0.2) is 0 Å². The third kappa shape index (κ3) is 1.38. The highest BCUT2D eigenvalue weighted by Crippen LogP contribution is 2.27. The zero-order valence-electron chi connectivity index (χ0n) is 5.07. The fourth-order valence-electron chi connectivity index (χ4n) is 0.121. The van der Waals surface area contributed by atoms with Crippen LogP contribution in [-0.4, -0.2) is 22.8 Å². The highest BCUT2D eigenvalue weighted by atomic mass is 19.4. The first-order chi connectivity index (χ1) is 4.19. The molecule has 0 amide bonds. The van der Waals surface area contributed by atoms with E-state index in [-0.39, 0.29) is 0 Å². The van der Waals surface area contributed by atoms with E-state index < -0.39 is 17.7 Å². The van der Waals surface area contributed by atoms with Crippen molar-refractivity contribution in [1.82, 2.24) is 0 Å². The van der Waals surface area contributed by atoms with Gasteiger partial charge in [-0.05, 0) is 6.92 Å². The highest BCUT2D eigenvalue weighted by Gasteiger charge is 2.54. The molecule has 0 aliphatic carbocycles. The first-order valence-electron chi connectivity index (χ1n) is 2.28. The summed E-state index contributed by atoms with van der Waals surface area (Å²) in [5, 5.41) is 7.93. The number of carbonyl (C=O) groups is 1.